The summed E-state index contributed by atoms with van der Waals surface area (Å²) in [6, 6.07) is 8.03. The van der Waals surface area contributed by atoms with Crippen molar-refractivity contribution in [2.75, 3.05) is 11.2 Å². The lowest BCUT2D eigenvalue weighted by Gasteiger charge is -2.12. The van der Waals surface area contributed by atoms with Crippen molar-refractivity contribution in [1.29, 1.82) is 0 Å². The van der Waals surface area contributed by atoms with Crippen LogP contribution in [-0.2, 0) is 11.2 Å². The molecule has 1 rings (SSSR count). The molecule has 106 valence electrons. The molecule has 0 aliphatic carbocycles. The van der Waals surface area contributed by atoms with E-state index in [0.717, 1.165) is 37.8 Å². The Labute approximate surface area is 121 Å². The van der Waals surface area contributed by atoms with Gasteiger partial charge in [-0.05, 0) is 37.0 Å². The number of carbonyl (C=O) groups is 1. The van der Waals surface area contributed by atoms with Gasteiger partial charge in [0.15, 0.2) is 0 Å². The molecule has 2 nitrogen and oxygen atoms in total. The quantitative estimate of drug-likeness (QED) is 0.692. The molecule has 0 aliphatic rings. The smallest absolute Gasteiger partial charge is 0.227 e. The zero-order valence-electron chi connectivity index (χ0n) is 11.9. The van der Waals surface area contributed by atoms with Crippen molar-refractivity contribution in [3.8, 4) is 0 Å². The number of benzene rings is 1. The largest absolute Gasteiger partial charge is 0.326 e. The highest BCUT2D eigenvalue weighted by molar-refractivity contribution is 6.17. The van der Waals surface area contributed by atoms with E-state index in [4.69, 9.17) is 11.6 Å². The Morgan fingerprint density at radius 1 is 1.37 bits per heavy atom. The number of carbonyl (C=O) groups excluding carboxylic acids is 1. The summed E-state index contributed by atoms with van der Waals surface area (Å²) in [6.07, 6.45) is 5.11. The summed E-state index contributed by atoms with van der Waals surface area (Å²) in [6.45, 7) is 4.13. The molecule has 0 aliphatic heterocycles. The van der Waals surface area contributed by atoms with Gasteiger partial charge in [-0.2, -0.15) is 0 Å². The first-order valence-electron chi connectivity index (χ1n) is 7.13. The molecule has 1 amide bonds. The van der Waals surface area contributed by atoms with Gasteiger partial charge in [0, 0.05) is 17.5 Å². The van der Waals surface area contributed by atoms with Gasteiger partial charge in [-0.25, -0.2) is 0 Å². The van der Waals surface area contributed by atoms with Crippen LogP contribution in [0.5, 0.6) is 0 Å². The average molecular weight is 282 g/mol. The van der Waals surface area contributed by atoms with E-state index in [1.807, 2.05) is 25.1 Å². The summed E-state index contributed by atoms with van der Waals surface area (Å²) in [7, 11) is 0. The van der Waals surface area contributed by atoms with Crippen LogP contribution in [0, 0.1) is 5.92 Å². The molecule has 0 saturated carbocycles. The van der Waals surface area contributed by atoms with Crippen LogP contribution in [0.2, 0.25) is 0 Å². The molecule has 0 spiro atoms. The van der Waals surface area contributed by atoms with Crippen molar-refractivity contribution >= 4 is 23.2 Å². The van der Waals surface area contributed by atoms with Crippen LogP contribution in [-0.4, -0.2) is 11.8 Å². The predicted octanol–water partition coefficient (Wildman–Crippen LogP) is 4.62. The molecule has 1 aromatic carbocycles. The molecular weight excluding hydrogens is 258 g/mol. The molecule has 1 unspecified atom stereocenters. The van der Waals surface area contributed by atoms with Crippen molar-refractivity contribution in [1.82, 2.24) is 0 Å². The Bertz CT molecular complexity index is 392. The van der Waals surface area contributed by atoms with E-state index in [0.29, 0.717) is 5.88 Å². The van der Waals surface area contributed by atoms with E-state index in [1.165, 1.54) is 5.56 Å². The maximum Gasteiger partial charge on any atom is 0.227 e. The second-order valence-electron chi connectivity index (χ2n) is 5.03. The molecule has 3 heteroatoms. The Kier molecular flexibility index (Phi) is 7.57. The first-order valence-corrected chi connectivity index (χ1v) is 7.66. The van der Waals surface area contributed by atoms with Crippen molar-refractivity contribution < 1.29 is 4.79 Å². The summed E-state index contributed by atoms with van der Waals surface area (Å²) >= 11 is 5.70. The minimum Gasteiger partial charge on any atom is -0.326 e. The fraction of sp³-hybridized carbons (Fsp3) is 0.562. The van der Waals surface area contributed by atoms with Crippen LogP contribution in [0.1, 0.15) is 45.1 Å². The minimum absolute atomic E-state index is 0.0754. The summed E-state index contributed by atoms with van der Waals surface area (Å²) in [4.78, 5) is 12.0. The number of nitrogens with one attached hydrogen (secondary N) is 1. The molecule has 1 N–H and O–H groups in total. The highest BCUT2D eigenvalue weighted by atomic mass is 35.5. The van der Waals surface area contributed by atoms with Crippen molar-refractivity contribution in [3.05, 3.63) is 29.8 Å². The van der Waals surface area contributed by atoms with Gasteiger partial charge in [0.2, 0.25) is 5.91 Å². The van der Waals surface area contributed by atoms with Crippen molar-refractivity contribution in [2.45, 2.75) is 46.0 Å². The fourth-order valence-corrected chi connectivity index (χ4v) is 2.12. The maximum atomic E-state index is 12.0. The van der Waals surface area contributed by atoms with Crippen LogP contribution in [0.4, 0.5) is 5.69 Å². The Balaban J connectivity index is 2.53. The second kappa shape index (κ2) is 8.98. The van der Waals surface area contributed by atoms with Crippen LogP contribution in [0.25, 0.3) is 0 Å². The fourth-order valence-electron chi connectivity index (χ4n) is 1.98. The third kappa shape index (κ3) is 6.11. The number of alkyl halides is 1. The van der Waals surface area contributed by atoms with Crippen LogP contribution in [0.3, 0.4) is 0 Å². The highest BCUT2D eigenvalue weighted by Gasteiger charge is 2.12. The average Bonchev–Trinajstić information content (AvgIpc) is 2.42. The number of aryl methyl sites for hydroxylation is 1. The van der Waals surface area contributed by atoms with Gasteiger partial charge >= 0.3 is 0 Å². The van der Waals surface area contributed by atoms with Crippen LogP contribution < -0.4 is 5.32 Å². The number of halogens is 1. The number of unbranched alkanes of at least 4 members (excludes halogenated alkanes) is 1. The van der Waals surface area contributed by atoms with Gasteiger partial charge in [-0.15, -0.1) is 11.6 Å². The first kappa shape index (κ1) is 16.0. The number of hydrogen-bond acceptors (Lipinski definition) is 1. The molecule has 0 fully saturated rings. The molecule has 0 radical (unpaired) electrons. The number of hydrogen-bond donors (Lipinski definition) is 1. The molecule has 0 saturated heterocycles. The number of rotatable bonds is 8. The molecule has 0 bridgehead atoms. The SMILES string of the molecule is CCCCC(C)C(=O)Nc1cccc(CCCCl)c1. The predicted molar refractivity (Wildman–Crippen MR) is 82.8 cm³/mol. The first-order chi connectivity index (χ1) is 9.17. The van der Waals surface area contributed by atoms with Gasteiger partial charge in [0.25, 0.3) is 0 Å². The zero-order chi connectivity index (χ0) is 14.1. The minimum atomic E-state index is 0.0754. The monoisotopic (exact) mass is 281 g/mol. The lowest BCUT2D eigenvalue weighted by molar-refractivity contribution is -0.119. The summed E-state index contributed by atoms with van der Waals surface area (Å²) in [5, 5.41) is 3.00. The van der Waals surface area contributed by atoms with Gasteiger partial charge in [-0.1, -0.05) is 38.8 Å². The topological polar surface area (TPSA) is 29.1 Å². The van der Waals surface area contributed by atoms with E-state index >= 15 is 0 Å². The highest BCUT2D eigenvalue weighted by Crippen LogP contribution is 2.15. The zero-order valence-corrected chi connectivity index (χ0v) is 12.7. The molecule has 1 aromatic rings. The van der Waals surface area contributed by atoms with Gasteiger partial charge < -0.3 is 5.32 Å². The van der Waals surface area contributed by atoms with Crippen molar-refractivity contribution in [3.63, 3.8) is 0 Å². The van der Waals surface area contributed by atoms with Gasteiger partial charge in [-0.3, -0.25) is 4.79 Å². The molecular formula is C16H24ClNO. The molecule has 0 aromatic heterocycles. The van der Waals surface area contributed by atoms with E-state index in [1.54, 1.807) is 0 Å². The standard InChI is InChI=1S/C16H24ClNO/c1-3-4-7-13(2)16(19)18-15-10-5-8-14(12-15)9-6-11-17/h5,8,10,12-13H,3-4,6-7,9,11H2,1-2H3,(H,18,19). The third-order valence-electron chi connectivity index (χ3n) is 3.23. The van der Waals surface area contributed by atoms with E-state index < -0.39 is 0 Å². The van der Waals surface area contributed by atoms with Crippen LogP contribution in [0.15, 0.2) is 24.3 Å². The number of amides is 1. The van der Waals surface area contributed by atoms with Gasteiger partial charge in [0.05, 0.1) is 0 Å². The molecule has 0 heterocycles. The lowest BCUT2D eigenvalue weighted by Crippen LogP contribution is -2.20. The van der Waals surface area contributed by atoms with E-state index in [2.05, 4.69) is 18.3 Å². The second-order valence-corrected chi connectivity index (χ2v) is 5.40. The maximum absolute atomic E-state index is 12.0. The van der Waals surface area contributed by atoms with E-state index in [9.17, 15) is 4.79 Å². The van der Waals surface area contributed by atoms with Gasteiger partial charge in [0.1, 0.15) is 0 Å². The van der Waals surface area contributed by atoms with E-state index in [-0.39, 0.29) is 11.8 Å². The third-order valence-corrected chi connectivity index (χ3v) is 3.50. The van der Waals surface area contributed by atoms with Crippen molar-refractivity contribution in [2.24, 2.45) is 5.92 Å². The van der Waals surface area contributed by atoms with Crippen LogP contribution >= 0.6 is 11.6 Å². The summed E-state index contributed by atoms with van der Waals surface area (Å²) in [5.41, 5.74) is 2.11. The Morgan fingerprint density at radius 3 is 2.84 bits per heavy atom. The summed E-state index contributed by atoms with van der Waals surface area (Å²) in [5.74, 6) is 0.861. The Morgan fingerprint density at radius 2 is 2.16 bits per heavy atom. The lowest BCUT2D eigenvalue weighted by atomic mass is 10.0. The molecule has 19 heavy (non-hydrogen) atoms. The molecule has 1 atom stereocenters. The Hall–Kier alpha value is -1.02. The summed E-state index contributed by atoms with van der Waals surface area (Å²) < 4.78 is 0. The number of anilines is 1. The normalized spacial score (nSPS) is 12.2.